The van der Waals surface area contributed by atoms with Gasteiger partial charge in [0.15, 0.2) is 0 Å². The van der Waals surface area contributed by atoms with Crippen molar-refractivity contribution < 1.29 is 13.2 Å². The Balaban J connectivity index is 1.48. The highest BCUT2D eigenvalue weighted by Crippen LogP contribution is 2.42. The molecule has 8 heteroatoms. The van der Waals surface area contributed by atoms with Crippen molar-refractivity contribution in [1.29, 1.82) is 0 Å². The Morgan fingerprint density at radius 2 is 2.00 bits per heavy atom. The summed E-state index contributed by atoms with van der Waals surface area (Å²) in [6.07, 6.45) is 8.87. The number of sulfonamides is 1. The summed E-state index contributed by atoms with van der Waals surface area (Å²) in [7, 11) is -3.12. The summed E-state index contributed by atoms with van der Waals surface area (Å²) in [5.74, 6) is -0.106. The van der Waals surface area contributed by atoms with Gasteiger partial charge in [0.2, 0.25) is 10.0 Å². The predicted octanol–water partition coefficient (Wildman–Crippen LogP) is 0.897. The van der Waals surface area contributed by atoms with E-state index in [1.165, 1.54) is 12.4 Å². The number of hydrogen-bond donors (Lipinski definition) is 0. The second-order valence-electron chi connectivity index (χ2n) is 7.25. The second-order valence-corrected chi connectivity index (χ2v) is 9.46. The van der Waals surface area contributed by atoms with Crippen LogP contribution in [0.2, 0.25) is 0 Å². The van der Waals surface area contributed by atoms with Gasteiger partial charge < -0.3 is 4.90 Å². The molecule has 0 bridgehead atoms. The zero-order valence-corrected chi connectivity index (χ0v) is 14.4. The molecule has 1 atom stereocenters. The Bertz CT molecular complexity index is 735. The molecule has 3 aliphatic rings. The van der Waals surface area contributed by atoms with E-state index < -0.39 is 10.0 Å². The minimum atomic E-state index is -3.12. The van der Waals surface area contributed by atoms with Crippen LogP contribution in [-0.2, 0) is 10.0 Å². The third-order valence-corrected chi connectivity index (χ3v) is 7.79. The van der Waals surface area contributed by atoms with Gasteiger partial charge in [-0.3, -0.25) is 9.78 Å². The number of carbonyl (C=O) groups excluding carboxylic acids is 1. The third kappa shape index (κ3) is 2.82. The zero-order chi connectivity index (χ0) is 16.8. The summed E-state index contributed by atoms with van der Waals surface area (Å²) < 4.78 is 26.6. The molecule has 1 saturated carbocycles. The highest BCUT2D eigenvalue weighted by atomic mass is 32.2. The average molecular weight is 350 g/mol. The molecule has 3 fully saturated rings. The van der Waals surface area contributed by atoms with Crippen LogP contribution in [0.3, 0.4) is 0 Å². The normalized spacial score (nSPS) is 28.4. The Morgan fingerprint density at radius 3 is 2.71 bits per heavy atom. The highest BCUT2D eigenvalue weighted by Gasteiger charge is 2.49. The van der Waals surface area contributed by atoms with Crippen LogP contribution in [0.5, 0.6) is 0 Å². The first-order valence-corrected chi connectivity index (χ1v) is 10.0. The monoisotopic (exact) mass is 350 g/mol. The van der Waals surface area contributed by atoms with Crippen molar-refractivity contribution in [3.63, 3.8) is 0 Å². The molecule has 0 radical (unpaired) electrons. The fourth-order valence-electron chi connectivity index (χ4n) is 3.97. The molecule has 0 N–H and O–H groups in total. The number of aromatic nitrogens is 2. The summed E-state index contributed by atoms with van der Waals surface area (Å²) >= 11 is 0. The molecule has 1 aliphatic carbocycles. The summed E-state index contributed by atoms with van der Waals surface area (Å²) in [5.41, 5.74) is 0.257. The van der Waals surface area contributed by atoms with Gasteiger partial charge in [0.1, 0.15) is 5.69 Å². The summed E-state index contributed by atoms with van der Waals surface area (Å²) in [5, 5.41) is -0.159. The fourth-order valence-corrected chi connectivity index (χ4v) is 5.93. The lowest BCUT2D eigenvalue weighted by atomic mass is 9.79. The number of likely N-dealkylation sites (tertiary alicyclic amines) is 1. The van der Waals surface area contributed by atoms with E-state index in [1.807, 2.05) is 4.90 Å². The summed E-state index contributed by atoms with van der Waals surface area (Å²) in [6, 6.07) is 0. The number of rotatable bonds is 3. The van der Waals surface area contributed by atoms with Gasteiger partial charge in [0.05, 0.1) is 11.4 Å². The van der Waals surface area contributed by atoms with Crippen LogP contribution < -0.4 is 0 Å². The van der Waals surface area contributed by atoms with E-state index in [-0.39, 0.29) is 16.6 Å². The molecule has 1 aromatic heterocycles. The SMILES string of the molecule is O=C(c1cnccn1)N1CCC[C@@]2(CCN(S(=O)(=O)C3CC3)C2)C1. The molecule has 7 nitrogen and oxygen atoms in total. The minimum Gasteiger partial charge on any atom is -0.337 e. The highest BCUT2D eigenvalue weighted by molar-refractivity contribution is 7.90. The molecule has 3 heterocycles. The smallest absolute Gasteiger partial charge is 0.274 e. The number of nitrogens with zero attached hydrogens (tertiary/aromatic N) is 4. The third-order valence-electron chi connectivity index (χ3n) is 5.44. The lowest BCUT2D eigenvalue weighted by Gasteiger charge is -2.40. The van der Waals surface area contributed by atoms with Crippen LogP contribution in [0.4, 0.5) is 0 Å². The van der Waals surface area contributed by atoms with E-state index in [1.54, 1.807) is 10.5 Å². The van der Waals surface area contributed by atoms with Crippen molar-refractivity contribution in [2.45, 2.75) is 37.4 Å². The van der Waals surface area contributed by atoms with Gasteiger partial charge in [0.25, 0.3) is 5.91 Å². The van der Waals surface area contributed by atoms with Crippen molar-refractivity contribution in [2.24, 2.45) is 5.41 Å². The van der Waals surface area contributed by atoms with Crippen molar-refractivity contribution in [1.82, 2.24) is 19.2 Å². The van der Waals surface area contributed by atoms with Crippen LogP contribution in [0.1, 0.15) is 42.6 Å². The van der Waals surface area contributed by atoms with Crippen molar-refractivity contribution >= 4 is 15.9 Å². The number of amides is 1. The van der Waals surface area contributed by atoms with E-state index in [0.29, 0.717) is 31.9 Å². The standard InChI is InChI=1S/C16H22N4O3S/c21-15(14-10-17-6-7-18-14)19-8-1-4-16(11-19)5-9-20(12-16)24(22,23)13-2-3-13/h6-7,10,13H,1-5,8-9,11-12H2/t16-/m1/s1. The maximum atomic E-state index is 12.6. The minimum absolute atomic E-state index is 0.0991. The van der Waals surface area contributed by atoms with Crippen LogP contribution in [0.25, 0.3) is 0 Å². The number of piperidine rings is 1. The summed E-state index contributed by atoms with van der Waals surface area (Å²) in [4.78, 5) is 22.5. The van der Waals surface area contributed by atoms with Gasteiger partial charge in [-0.25, -0.2) is 17.7 Å². The number of hydrogen-bond acceptors (Lipinski definition) is 5. The fraction of sp³-hybridized carbons (Fsp3) is 0.688. The molecule has 0 aromatic carbocycles. The lowest BCUT2D eigenvalue weighted by molar-refractivity contribution is 0.0537. The molecule has 4 rings (SSSR count). The Kier molecular flexibility index (Phi) is 3.84. The quantitative estimate of drug-likeness (QED) is 0.809. The van der Waals surface area contributed by atoms with Crippen LogP contribution >= 0.6 is 0 Å². The molecule has 2 aliphatic heterocycles. The lowest BCUT2D eigenvalue weighted by Crippen LogP contribution is -2.48. The molecule has 0 unspecified atom stereocenters. The van der Waals surface area contributed by atoms with Gasteiger partial charge in [-0.1, -0.05) is 0 Å². The largest absolute Gasteiger partial charge is 0.337 e. The van der Waals surface area contributed by atoms with E-state index in [2.05, 4.69) is 9.97 Å². The molecule has 130 valence electrons. The maximum Gasteiger partial charge on any atom is 0.274 e. The first kappa shape index (κ1) is 16.0. The topological polar surface area (TPSA) is 83.5 Å². The van der Waals surface area contributed by atoms with Gasteiger partial charge in [-0.05, 0) is 32.1 Å². The molecular weight excluding hydrogens is 328 g/mol. The van der Waals surface area contributed by atoms with E-state index in [4.69, 9.17) is 0 Å². The molecule has 1 spiro atoms. The molecule has 24 heavy (non-hydrogen) atoms. The maximum absolute atomic E-state index is 12.6. The first-order chi connectivity index (χ1) is 11.5. The van der Waals surface area contributed by atoms with Crippen molar-refractivity contribution in [3.05, 3.63) is 24.3 Å². The Labute approximate surface area is 142 Å². The van der Waals surface area contributed by atoms with E-state index in [9.17, 15) is 13.2 Å². The first-order valence-electron chi connectivity index (χ1n) is 8.55. The predicted molar refractivity (Wildman–Crippen MR) is 87.7 cm³/mol. The molecule has 1 aromatic rings. The number of carbonyl (C=O) groups is 1. The van der Waals surface area contributed by atoms with Gasteiger partial charge in [-0.2, -0.15) is 0 Å². The van der Waals surface area contributed by atoms with E-state index in [0.717, 1.165) is 32.1 Å². The van der Waals surface area contributed by atoms with Gasteiger partial charge in [0, 0.05) is 44.0 Å². The summed E-state index contributed by atoms with van der Waals surface area (Å²) in [6.45, 7) is 2.45. The van der Waals surface area contributed by atoms with Crippen LogP contribution in [0.15, 0.2) is 18.6 Å². The second kappa shape index (κ2) is 5.77. The Morgan fingerprint density at radius 1 is 1.17 bits per heavy atom. The van der Waals surface area contributed by atoms with Crippen molar-refractivity contribution in [2.75, 3.05) is 26.2 Å². The zero-order valence-electron chi connectivity index (χ0n) is 13.6. The van der Waals surface area contributed by atoms with Crippen LogP contribution in [-0.4, -0.2) is 64.9 Å². The van der Waals surface area contributed by atoms with E-state index >= 15 is 0 Å². The van der Waals surface area contributed by atoms with Gasteiger partial charge >= 0.3 is 0 Å². The average Bonchev–Trinajstić information content (AvgIpc) is 3.39. The molecular formula is C16H22N4O3S. The molecule has 1 amide bonds. The molecule has 2 saturated heterocycles. The van der Waals surface area contributed by atoms with Gasteiger partial charge in [-0.15, -0.1) is 0 Å². The Hall–Kier alpha value is -1.54. The van der Waals surface area contributed by atoms with Crippen molar-refractivity contribution in [3.8, 4) is 0 Å². The van der Waals surface area contributed by atoms with Crippen LogP contribution in [0, 0.1) is 5.41 Å².